The van der Waals surface area contributed by atoms with Gasteiger partial charge in [0.1, 0.15) is 6.67 Å². The first-order chi connectivity index (χ1) is 17.0. The molecule has 1 aliphatic rings. The normalized spacial score (nSPS) is 16.8. The quantitative estimate of drug-likeness (QED) is 0.375. The molecule has 1 aliphatic carbocycles. The van der Waals surface area contributed by atoms with E-state index in [0.29, 0.717) is 0 Å². The van der Waals surface area contributed by atoms with Crippen molar-refractivity contribution in [1.82, 2.24) is 0 Å². The predicted molar refractivity (Wildman–Crippen MR) is 158 cm³/mol. The lowest BCUT2D eigenvalue weighted by Crippen LogP contribution is -2.15. The van der Waals surface area contributed by atoms with E-state index in [1.165, 1.54) is 49.7 Å². The minimum Gasteiger partial charge on any atom is -0.330 e. The molecule has 204 valence electrons. The number of alkyl halides is 1. The average Bonchev–Trinajstić information content (AvgIpc) is 2.90. The molecule has 0 radical (unpaired) electrons. The third-order valence-electron chi connectivity index (χ3n) is 6.26. The van der Waals surface area contributed by atoms with Crippen LogP contribution in [0.4, 0.5) is 9.09 Å². The van der Waals surface area contributed by atoms with Crippen molar-refractivity contribution in [3.63, 3.8) is 0 Å². The van der Waals surface area contributed by atoms with E-state index in [1.807, 2.05) is 58.0 Å². The molecule has 0 spiro atoms. The minimum atomic E-state index is -0.359. The van der Waals surface area contributed by atoms with Gasteiger partial charge in [-0.2, -0.15) is 0 Å². The smallest absolute Gasteiger partial charge is 0.115 e. The Labute approximate surface area is 221 Å². The molecule has 36 heavy (non-hydrogen) atoms. The van der Waals surface area contributed by atoms with Crippen molar-refractivity contribution < 1.29 is 9.09 Å². The van der Waals surface area contributed by atoms with E-state index in [1.54, 1.807) is 6.07 Å². The van der Waals surface area contributed by atoms with Crippen molar-refractivity contribution in [2.45, 2.75) is 93.2 Å². The summed E-state index contributed by atoms with van der Waals surface area (Å²) in [6.07, 6.45) is 15.7. The molecular weight excluding hydrogens is 448 g/mol. The summed E-state index contributed by atoms with van der Waals surface area (Å²) in [6.45, 7) is 12.8. The van der Waals surface area contributed by atoms with Crippen molar-refractivity contribution in [3.8, 4) is 0 Å². The van der Waals surface area contributed by atoms with Crippen LogP contribution in [0.5, 0.6) is 0 Å². The number of hydrogen-bond acceptors (Lipinski definition) is 1. The molecule has 1 nitrogen and oxygen atoms in total. The fraction of sp³-hybridized carbons (Fsp3) is 0.515. The van der Waals surface area contributed by atoms with Crippen molar-refractivity contribution in [2.24, 2.45) is 17.6 Å². The number of halogens is 2. The summed E-state index contributed by atoms with van der Waals surface area (Å²) in [7, 11) is 0. The molecule has 0 bridgehead atoms. The lowest BCUT2D eigenvalue weighted by molar-refractivity contribution is 0.268. The maximum absolute atomic E-state index is 11.9. The molecule has 1 fully saturated rings. The molecule has 0 unspecified atom stereocenters. The lowest BCUT2D eigenvalue weighted by atomic mass is 9.78. The van der Waals surface area contributed by atoms with Crippen molar-refractivity contribution in [1.29, 1.82) is 0 Å². The highest BCUT2D eigenvalue weighted by Crippen LogP contribution is 2.32. The Hall–Kier alpha value is -2.26. The molecule has 0 heterocycles. The van der Waals surface area contributed by atoms with E-state index in [-0.39, 0.29) is 11.4 Å². The highest BCUT2D eigenvalue weighted by atomic mass is 19.1. The zero-order valence-electron chi connectivity index (χ0n) is 23.8. The summed E-state index contributed by atoms with van der Waals surface area (Å²) >= 11 is 0. The topological polar surface area (TPSA) is 26.0 Å². The van der Waals surface area contributed by atoms with Crippen LogP contribution >= 0.6 is 0 Å². The Kier molecular flexibility index (Phi) is 24.4. The van der Waals surface area contributed by atoms with Crippen LogP contribution in [0, 0.1) is 18.8 Å². The summed E-state index contributed by atoms with van der Waals surface area (Å²) in [5.74, 6) is 1.98. The fourth-order valence-corrected chi connectivity index (χ4v) is 4.16. The van der Waals surface area contributed by atoms with Crippen molar-refractivity contribution >= 4 is 0 Å². The van der Waals surface area contributed by atoms with E-state index < -0.39 is 0 Å². The highest BCUT2D eigenvalue weighted by molar-refractivity contribution is 5.21. The summed E-state index contributed by atoms with van der Waals surface area (Å²) < 4.78 is 11.9. The second kappa shape index (κ2) is 24.4. The molecule has 2 aromatic rings. The molecule has 2 aromatic carbocycles. The molecule has 0 atom stereocenters. The Bertz CT molecular complexity index is 790. The maximum atomic E-state index is 11.9. The number of hydrogen-bond donors (Lipinski definition) is 1. The van der Waals surface area contributed by atoms with Crippen LogP contribution in [-0.4, -0.2) is 6.54 Å². The fourth-order valence-electron chi connectivity index (χ4n) is 4.16. The van der Waals surface area contributed by atoms with Gasteiger partial charge in [-0.05, 0) is 76.0 Å². The van der Waals surface area contributed by atoms with Crippen LogP contribution in [0.3, 0.4) is 0 Å². The van der Waals surface area contributed by atoms with Crippen LogP contribution in [0.25, 0.3) is 0 Å². The first kappa shape index (κ1) is 35.9. The van der Waals surface area contributed by atoms with E-state index in [9.17, 15) is 4.39 Å². The molecule has 3 rings (SSSR count). The number of rotatable bonds is 7. The number of allylic oxidation sites excluding steroid dienone is 3. The Balaban J connectivity index is 0. The minimum absolute atomic E-state index is 0. The van der Waals surface area contributed by atoms with Gasteiger partial charge < -0.3 is 5.73 Å². The third-order valence-corrected chi connectivity index (χ3v) is 6.26. The molecule has 1 saturated carbocycles. The van der Waals surface area contributed by atoms with E-state index in [2.05, 4.69) is 50.3 Å². The van der Waals surface area contributed by atoms with Crippen LogP contribution in [-0.2, 0) is 13.1 Å². The zero-order chi connectivity index (χ0) is 26.3. The van der Waals surface area contributed by atoms with Crippen LogP contribution in [0.2, 0.25) is 0 Å². The van der Waals surface area contributed by atoms with E-state index >= 15 is 0 Å². The van der Waals surface area contributed by atoms with Crippen LogP contribution in [0.15, 0.2) is 78.4 Å². The SMILES string of the molecule is C/C=C\C=C(\C)CCN.CC.CCC1CCC(Cc2ccccc2)CC1.Cc1cccc(CF)c1.F. The average molecular weight is 502 g/mol. The van der Waals surface area contributed by atoms with Crippen LogP contribution < -0.4 is 5.73 Å². The number of nitrogens with two attached hydrogens (primary N) is 1. The Morgan fingerprint density at radius 3 is 2.00 bits per heavy atom. The second-order valence-corrected chi connectivity index (χ2v) is 9.18. The van der Waals surface area contributed by atoms with Gasteiger partial charge in [0.05, 0.1) is 0 Å². The second-order valence-electron chi connectivity index (χ2n) is 9.18. The number of aryl methyl sites for hydroxylation is 1. The molecular formula is C33H53F2N. The summed E-state index contributed by atoms with van der Waals surface area (Å²) in [4.78, 5) is 0. The lowest BCUT2D eigenvalue weighted by Gasteiger charge is -2.27. The summed E-state index contributed by atoms with van der Waals surface area (Å²) in [6, 6.07) is 18.4. The van der Waals surface area contributed by atoms with Gasteiger partial charge in [0.25, 0.3) is 0 Å². The van der Waals surface area contributed by atoms with E-state index in [4.69, 9.17) is 5.73 Å². The Morgan fingerprint density at radius 2 is 1.53 bits per heavy atom. The first-order valence-corrected chi connectivity index (χ1v) is 13.7. The van der Waals surface area contributed by atoms with Crippen molar-refractivity contribution in [2.75, 3.05) is 6.54 Å². The van der Waals surface area contributed by atoms with Gasteiger partial charge >= 0.3 is 0 Å². The van der Waals surface area contributed by atoms with Gasteiger partial charge in [-0.3, -0.25) is 4.70 Å². The molecule has 0 aromatic heterocycles. The largest absolute Gasteiger partial charge is 0.330 e. The van der Waals surface area contributed by atoms with Gasteiger partial charge in [-0.15, -0.1) is 0 Å². The highest BCUT2D eigenvalue weighted by Gasteiger charge is 2.19. The molecule has 0 amide bonds. The standard InChI is InChI=1S/C15H22.C8H9F.C8H15N.C2H6.FH/c1-2-13-8-10-15(11-9-13)12-14-6-4-3-5-7-14;1-7-3-2-4-8(5-7)6-9;1-3-4-5-8(2)6-7-9;1-2;/h3-7,13,15H,2,8-12H2,1H3;2-5H,6H2,1H3;3-5H,6-7,9H2,1-2H3;1-2H3;1H/b;;4-3-,8-5-;;. The maximum Gasteiger partial charge on any atom is 0.115 e. The number of benzene rings is 2. The zero-order valence-corrected chi connectivity index (χ0v) is 23.8. The molecule has 0 saturated heterocycles. The summed E-state index contributed by atoms with van der Waals surface area (Å²) in [5, 5.41) is 0. The van der Waals surface area contributed by atoms with E-state index in [0.717, 1.165) is 35.9 Å². The van der Waals surface area contributed by atoms with Gasteiger partial charge in [0.15, 0.2) is 0 Å². The van der Waals surface area contributed by atoms with Crippen LogP contribution in [0.1, 0.15) is 89.8 Å². The predicted octanol–water partition coefficient (Wildman–Crippen LogP) is 9.95. The van der Waals surface area contributed by atoms with Crippen molar-refractivity contribution in [3.05, 3.63) is 95.1 Å². The Morgan fingerprint density at radius 1 is 0.944 bits per heavy atom. The molecule has 3 heteroatoms. The van der Waals surface area contributed by atoms with Gasteiger partial charge in [0, 0.05) is 0 Å². The van der Waals surface area contributed by atoms with Gasteiger partial charge in [0.2, 0.25) is 0 Å². The first-order valence-electron chi connectivity index (χ1n) is 13.7. The van der Waals surface area contributed by atoms with Gasteiger partial charge in [-0.1, -0.05) is 124 Å². The third kappa shape index (κ3) is 18.1. The molecule has 0 aliphatic heterocycles. The molecule has 2 N–H and O–H groups in total. The monoisotopic (exact) mass is 501 g/mol. The summed E-state index contributed by atoms with van der Waals surface area (Å²) in [5.41, 5.74) is 10.1. The van der Waals surface area contributed by atoms with Gasteiger partial charge in [-0.25, -0.2) is 4.39 Å².